The molecule has 0 aromatic heterocycles. The van der Waals surface area contributed by atoms with Crippen molar-refractivity contribution in [3.8, 4) is 0 Å². The molecule has 0 heterocycles. The molecule has 0 aromatic rings. The minimum Gasteiger partial charge on any atom is -0.300 e. The second-order valence-corrected chi connectivity index (χ2v) is 10.7. The summed E-state index contributed by atoms with van der Waals surface area (Å²) in [6.45, 7) is 13.8. The Kier molecular flexibility index (Phi) is 14.2. The molecule has 1 fully saturated rings. The highest BCUT2D eigenvalue weighted by Crippen LogP contribution is 2.46. The molecule has 1 nitrogen and oxygen atoms in total. The highest BCUT2D eigenvalue weighted by Gasteiger charge is 2.40. The van der Waals surface area contributed by atoms with Crippen LogP contribution in [0, 0.1) is 35.5 Å². The molecule has 1 aliphatic rings. The fourth-order valence-electron chi connectivity index (χ4n) is 6.66. The van der Waals surface area contributed by atoms with Crippen LogP contribution in [0.4, 0.5) is 0 Å². The van der Waals surface area contributed by atoms with E-state index in [1.165, 1.54) is 89.9 Å². The van der Waals surface area contributed by atoms with Crippen molar-refractivity contribution in [2.45, 2.75) is 138 Å². The van der Waals surface area contributed by atoms with Crippen LogP contribution in [0.1, 0.15) is 138 Å². The minimum absolute atomic E-state index is 0.307. The van der Waals surface area contributed by atoms with Crippen molar-refractivity contribution in [3.05, 3.63) is 0 Å². The highest BCUT2D eigenvalue weighted by molar-refractivity contribution is 5.78. The normalized spacial score (nSPS) is 27.0. The van der Waals surface area contributed by atoms with Crippen molar-refractivity contribution in [1.82, 2.24) is 0 Å². The van der Waals surface area contributed by atoms with E-state index in [-0.39, 0.29) is 0 Å². The lowest BCUT2D eigenvalue weighted by atomic mass is 9.60. The lowest BCUT2D eigenvalue weighted by Crippen LogP contribution is -2.39. The third kappa shape index (κ3) is 10.0. The second-order valence-electron chi connectivity index (χ2n) is 10.7. The van der Waals surface area contributed by atoms with Crippen molar-refractivity contribution < 1.29 is 4.79 Å². The summed E-state index contributed by atoms with van der Waals surface area (Å²) in [6, 6.07) is 0. The van der Waals surface area contributed by atoms with E-state index in [0.29, 0.717) is 17.6 Å². The van der Waals surface area contributed by atoms with Crippen LogP contribution in [0.15, 0.2) is 0 Å². The summed E-state index contributed by atoms with van der Waals surface area (Å²) in [7, 11) is 0. The predicted molar refractivity (Wildman–Crippen MR) is 129 cm³/mol. The maximum Gasteiger partial charge on any atom is 0.133 e. The summed E-state index contributed by atoms with van der Waals surface area (Å²) >= 11 is 0. The van der Waals surface area contributed by atoms with Crippen LogP contribution in [0.3, 0.4) is 0 Å². The summed E-state index contributed by atoms with van der Waals surface area (Å²) in [5.41, 5.74) is 0. The SMILES string of the molecule is CCCCCCCCCCCCCC(C(C)=O)C(CC)C1C(C)CC(C)CC1C. The lowest BCUT2D eigenvalue weighted by molar-refractivity contribution is -0.124. The Balaban J connectivity index is 2.34. The average molecular weight is 407 g/mol. The quantitative estimate of drug-likeness (QED) is 0.233. The minimum atomic E-state index is 0.307. The van der Waals surface area contributed by atoms with E-state index in [4.69, 9.17) is 0 Å². The first-order valence-electron chi connectivity index (χ1n) is 13.4. The van der Waals surface area contributed by atoms with Gasteiger partial charge in [-0.3, -0.25) is 4.79 Å². The molecule has 0 spiro atoms. The number of hydrogen-bond acceptors (Lipinski definition) is 1. The number of carbonyl (C=O) groups excluding carboxylic acids is 1. The summed E-state index contributed by atoms with van der Waals surface area (Å²) in [6.07, 6.45) is 20.2. The van der Waals surface area contributed by atoms with Crippen LogP contribution in [0.2, 0.25) is 0 Å². The third-order valence-electron chi connectivity index (χ3n) is 7.99. The van der Waals surface area contributed by atoms with Gasteiger partial charge in [0.15, 0.2) is 0 Å². The summed E-state index contributed by atoms with van der Waals surface area (Å²) in [5, 5.41) is 0. The van der Waals surface area contributed by atoms with E-state index in [9.17, 15) is 4.79 Å². The zero-order chi connectivity index (χ0) is 21.6. The van der Waals surface area contributed by atoms with Crippen LogP contribution in [-0.4, -0.2) is 5.78 Å². The molecule has 0 aliphatic heterocycles. The number of ketones is 1. The van der Waals surface area contributed by atoms with Gasteiger partial charge < -0.3 is 0 Å². The Morgan fingerprint density at radius 3 is 1.62 bits per heavy atom. The molecule has 0 saturated heterocycles. The van der Waals surface area contributed by atoms with Gasteiger partial charge in [0.1, 0.15) is 5.78 Å². The second kappa shape index (κ2) is 15.5. The largest absolute Gasteiger partial charge is 0.300 e. The van der Waals surface area contributed by atoms with Gasteiger partial charge in [0.2, 0.25) is 0 Å². The molecule has 172 valence electrons. The number of carbonyl (C=O) groups is 1. The molecule has 1 saturated carbocycles. The molecule has 0 radical (unpaired) electrons. The molecule has 1 aliphatic carbocycles. The Morgan fingerprint density at radius 2 is 1.21 bits per heavy atom. The van der Waals surface area contributed by atoms with Crippen LogP contribution in [-0.2, 0) is 4.79 Å². The molecule has 1 rings (SSSR count). The molecule has 0 amide bonds. The number of unbranched alkanes of at least 4 members (excludes halogenated alkanes) is 10. The number of hydrogen-bond donors (Lipinski definition) is 0. The van der Waals surface area contributed by atoms with E-state index in [2.05, 4.69) is 34.6 Å². The van der Waals surface area contributed by atoms with Crippen LogP contribution < -0.4 is 0 Å². The van der Waals surface area contributed by atoms with Crippen LogP contribution >= 0.6 is 0 Å². The maximum absolute atomic E-state index is 12.6. The molecule has 1 heteroatoms. The molecule has 0 bridgehead atoms. The van der Waals surface area contributed by atoms with E-state index in [0.717, 1.165) is 30.1 Å². The van der Waals surface area contributed by atoms with E-state index < -0.39 is 0 Å². The Labute approximate surface area is 184 Å². The summed E-state index contributed by atoms with van der Waals surface area (Å²) in [4.78, 5) is 12.6. The Morgan fingerprint density at radius 1 is 0.759 bits per heavy atom. The smallest absolute Gasteiger partial charge is 0.133 e. The zero-order valence-corrected chi connectivity index (χ0v) is 21.0. The van der Waals surface area contributed by atoms with Gasteiger partial charge in [-0.25, -0.2) is 0 Å². The lowest BCUT2D eigenvalue weighted by Gasteiger charge is -2.44. The van der Waals surface area contributed by atoms with Crippen molar-refractivity contribution in [1.29, 1.82) is 0 Å². The average Bonchev–Trinajstić information content (AvgIpc) is 2.66. The predicted octanol–water partition coefficient (Wildman–Crippen LogP) is 9.24. The van der Waals surface area contributed by atoms with Gasteiger partial charge >= 0.3 is 0 Å². The zero-order valence-electron chi connectivity index (χ0n) is 21.0. The fourth-order valence-corrected chi connectivity index (χ4v) is 6.66. The number of Topliss-reactive ketones (excluding diaryl/α,β-unsaturated/α-hetero) is 1. The van der Waals surface area contributed by atoms with Gasteiger partial charge in [-0.1, -0.05) is 112 Å². The van der Waals surface area contributed by atoms with Crippen molar-refractivity contribution >= 4 is 5.78 Å². The van der Waals surface area contributed by atoms with Gasteiger partial charge in [-0.05, 0) is 55.8 Å². The van der Waals surface area contributed by atoms with Gasteiger partial charge in [0, 0.05) is 5.92 Å². The Hall–Kier alpha value is -0.330. The number of rotatable bonds is 16. The molecule has 0 N–H and O–H groups in total. The first-order chi connectivity index (χ1) is 13.9. The molecular weight excluding hydrogens is 352 g/mol. The molecule has 29 heavy (non-hydrogen) atoms. The fraction of sp³-hybridized carbons (Fsp3) is 0.964. The van der Waals surface area contributed by atoms with E-state index in [1.807, 2.05) is 6.92 Å². The van der Waals surface area contributed by atoms with Gasteiger partial charge in [-0.15, -0.1) is 0 Å². The summed E-state index contributed by atoms with van der Waals surface area (Å²) in [5.74, 6) is 4.53. The molecule has 4 unspecified atom stereocenters. The van der Waals surface area contributed by atoms with Crippen molar-refractivity contribution in [3.63, 3.8) is 0 Å². The van der Waals surface area contributed by atoms with Crippen molar-refractivity contribution in [2.24, 2.45) is 35.5 Å². The summed E-state index contributed by atoms with van der Waals surface area (Å²) < 4.78 is 0. The Bertz CT molecular complexity index is 403. The monoisotopic (exact) mass is 406 g/mol. The van der Waals surface area contributed by atoms with Crippen molar-refractivity contribution in [2.75, 3.05) is 0 Å². The molecular formula is C28H54O. The topological polar surface area (TPSA) is 17.1 Å². The molecule has 0 aromatic carbocycles. The first-order valence-corrected chi connectivity index (χ1v) is 13.4. The van der Waals surface area contributed by atoms with Gasteiger partial charge in [-0.2, -0.15) is 0 Å². The first kappa shape index (κ1) is 26.7. The highest BCUT2D eigenvalue weighted by atomic mass is 16.1. The maximum atomic E-state index is 12.6. The standard InChI is InChI=1S/C28H54O/c1-7-9-10-11-12-13-14-15-16-17-18-19-27(25(6)29)26(8-2)28-23(4)20-22(3)21-24(28)5/h22-24,26-28H,7-21H2,1-6H3. The van der Waals surface area contributed by atoms with Gasteiger partial charge in [0.25, 0.3) is 0 Å². The molecule has 4 atom stereocenters. The van der Waals surface area contributed by atoms with Crippen LogP contribution in [0.5, 0.6) is 0 Å². The van der Waals surface area contributed by atoms with E-state index in [1.54, 1.807) is 0 Å². The van der Waals surface area contributed by atoms with E-state index >= 15 is 0 Å². The third-order valence-corrected chi connectivity index (χ3v) is 7.99. The van der Waals surface area contributed by atoms with Gasteiger partial charge in [0.05, 0.1) is 0 Å². The van der Waals surface area contributed by atoms with Crippen LogP contribution in [0.25, 0.3) is 0 Å².